The zero-order valence-electron chi connectivity index (χ0n) is 15.3. The Hall–Kier alpha value is -2.01. The van der Waals surface area contributed by atoms with E-state index in [0.717, 1.165) is 12.8 Å². The normalized spacial score (nSPS) is 24.3. The van der Waals surface area contributed by atoms with Gasteiger partial charge in [0.2, 0.25) is 15.9 Å². The topological polar surface area (TPSA) is 126 Å². The molecule has 10 nitrogen and oxygen atoms in total. The number of hydrogen-bond donors (Lipinski definition) is 1. The molecule has 150 valence electrons. The van der Waals surface area contributed by atoms with Gasteiger partial charge in [-0.15, -0.1) is 5.10 Å². The number of likely N-dealkylation sites (tertiary alicyclic amines) is 1. The van der Waals surface area contributed by atoms with E-state index in [4.69, 9.17) is 5.11 Å². The summed E-state index contributed by atoms with van der Waals surface area (Å²) in [4.78, 5) is 25.7. The van der Waals surface area contributed by atoms with Gasteiger partial charge in [0.25, 0.3) is 0 Å². The Bertz CT molecular complexity index is 808. The smallest absolute Gasteiger partial charge is 0.358 e. The van der Waals surface area contributed by atoms with Crippen LogP contribution in [0, 0.1) is 0 Å². The lowest BCUT2D eigenvalue weighted by Gasteiger charge is -2.35. The Balaban J connectivity index is 1.71. The molecule has 0 radical (unpaired) electrons. The van der Waals surface area contributed by atoms with E-state index in [1.165, 1.54) is 15.2 Å². The molecule has 0 aromatic carbocycles. The van der Waals surface area contributed by atoms with Gasteiger partial charge in [0, 0.05) is 19.6 Å². The number of aromatic nitrogens is 3. The molecular weight excluding hydrogens is 374 g/mol. The molecule has 0 bridgehead atoms. The summed E-state index contributed by atoms with van der Waals surface area (Å²) in [6, 6.07) is -0.795. The molecule has 1 aromatic rings. The highest BCUT2D eigenvalue weighted by atomic mass is 32.2. The van der Waals surface area contributed by atoms with E-state index in [1.54, 1.807) is 4.90 Å². The number of carbonyl (C=O) groups excluding carboxylic acids is 1. The summed E-state index contributed by atoms with van der Waals surface area (Å²) in [5.41, 5.74) is -0.133. The molecule has 2 aliphatic heterocycles. The molecule has 1 N–H and O–H groups in total. The van der Waals surface area contributed by atoms with Crippen molar-refractivity contribution in [1.82, 2.24) is 24.2 Å². The van der Waals surface area contributed by atoms with Gasteiger partial charge in [-0.1, -0.05) is 12.1 Å². The van der Waals surface area contributed by atoms with Gasteiger partial charge in [0.05, 0.1) is 18.0 Å². The van der Waals surface area contributed by atoms with Crippen LogP contribution in [0.25, 0.3) is 0 Å². The second kappa shape index (κ2) is 7.93. The lowest BCUT2D eigenvalue weighted by molar-refractivity contribution is -0.136. The third kappa shape index (κ3) is 4.13. The van der Waals surface area contributed by atoms with Crippen LogP contribution in [0.5, 0.6) is 0 Å². The van der Waals surface area contributed by atoms with Crippen molar-refractivity contribution in [3.8, 4) is 0 Å². The van der Waals surface area contributed by atoms with E-state index >= 15 is 0 Å². The summed E-state index contributed by atoms with van der Waals surface area (Å²) in [7, 11) is -3.42. The third-order valence-electron chi connectivity index (χ3n) is 5.12. The van der Waals surface area contributed by atoms with Crippen LogP contribution in [-0.2, 0) is 14.8 Å². The molecule has 2 aliphatic rings. The maximum absolute atomic E-state index is 13.0. The zero-order chi connectivity index (χ0) is 19.6. The second-order valence-corrected chi connectivity index (χ2v) is 9.10. The van der Waals surface area contributed by atoms with E-state index in [2.05, 4.69) is 10.3 Å². The molecular formula is C16H25N5O5S. The lowest BCUT2D eigenvalue weighted by Crippen LogP contribution is -2.51. The van der Waals surface area contributed by atoms with E-state index in [9.17, 15) is 18.0 Å². The average Bonchev–Trinajstić information content (AvgIpc) is 3.31. The predicted octanol–water partition coefficient (Wildman–Crippen LogP) is 0.344. The first-order valence-corrected chi connectivity index (χ1v) is 10.9. The quantitative estimate of drug-likeness (QED) is 0.731. The van der Waals surface area contributed by atoms with E-state index in [0.29, 0.717) is 38.9 Å². The molecule has 2 fully saturated rings. The number of aromatic carboxylic acids is 1. The van der Waals surface area contributed by atoms with Crippen molar-refractivity contribution in [2.75, 3.05) is 25.4 Å². The molecule has 2 saturated heterocycles. The molecule has 1 amide bonds. The summed E-state index contributed by atoms with van der Waals surface area (Å²) in [6.45, 7) is 3.14. The molecule has 0 saturated carbocycles. The first-order chi connectivity index (χ1) is 12.8. The highest BCUT2D eigenvalue weighted by Gasteiger charge is 2.41. The first-order valence-electron chi connectivity index (χ1n) is 9.27. The lowest BCUT2D eigenvalue weighted by atomic mass is 10.0. The van der Waals surface area contributed by atoms with Crippen molar-refractivity contribution in [1.29, 1.82) is 0 Å². The van der Waals surface area contributed by atoms with Crippen LogP contribution in [-0.4, -0.2) is 81.0 Å². The van der Waals surface area contributed by atoms with Crippen LogP contribution in [0.15, 0.2) is 6.20 Å². The maximum Gasteiger partial charge on any atom is 0.358 e. The summed E-state index contributed by atoms with van der Waals surface area (Å²) in [6.07, 6.45) is 4.61. The van der Waals surface area contributed by atoms with Gasteiger partial charge in [0.15, 0.2) is 5.69 Å². The third-order valence-corrected chi connectivity index (χ3v) is 7.20. The van der Waals surface area contributed by atoms with Crippen molar-refractivity contribution in [3.63, 3.8) is 0 Å². The van der Waals surface area contributed by atoms with Gasteiger partial charge in [-0.2, -0.15) is 4.31 Å². The Kier molecular flexibility index (Phi) is 5.80. The molecule has 3 rings (SSSR count). The number of amides is 1. The fourth-order valence-electron chi connectivity index (χ4n) is 3.83. The van der Waals surface area contributed by atoms with Crippen LogP contribution in [0.1, 0.15) is 55.6 Å². The average molecular weight is 399 g/mol. The molecule has 3 heterocycles. The van der Waals surface area contributed by atoms with Crippen molar-refractivity contribution in [2.45, 2.75) is 51.1 Å². The fourth-order valence-corrected chi connectivity index (χ4v) is 5.57. The summed E-state index contributed by atoms with van der Waals surface area (Å²) in [5, 5.41) is 16.5. The highest BCUT2D eigenvalue weighted by Crippen LogP contribution is 2.27. The van der Waals surface area contributed by atoms with Crippen LogP contribution in [0.3, 0.4) is 0 Å². The SMILES string of the molecule is CCCS(=O)(=O)N1CCCC1C(=O)N1CCCC(n2cc(C(=O)O)nn2)C1. The van der Waals surface area contributed by atoms with Gasteiger partial charge >= 0.3 is 5.97 Å². The monoisotopic (exact) mass is 399 g/mol. The van der Waals surface area contributed by atoms with Gasteiger partial charge < -0.3 is 10.0 Å². The molecule has 0 aliphatic carbocycles. The number of rotatable bonds is 6. The number of sulfonamides is 1. The summed E-state index contributed by atoms with van der Waals surface area (Å²) in [5.74, 6) is -1.26. The van der Waals surface area contributed by atoms with Crippen molar-refractivity contribution in [3.05, 3.63) is 11.9 Å². The number of piperidine rings is 1. The minimum Gasteiger partial charge on any atom is -0.476 e. The highest BCUT2D eigenvalue weighted by molar-refractivity contribution is 7.89. The Labute approximate surface area is 158 Å². The minimum absolute atomic E-state index is 0.0519. The molecule has 11 heteroatoms. The first kappa shape index (κ1) is 19.7. The predicted molar refractivity (Wildman–Crippen MR) is 95.6 cm³/mol. The molecule has 2 atom stereocenters. The van der Waals surface area contributed by atoms with E-state index in [1.807, 2.05) is 6.92 Å². The van der Waals surface area contributed by atoms with Gasteiger partial charge in [-0.25, -0.2) is 17.9 Å². The number of hydrogen-bond acceptors (Lipinski definition) is 6. The molecule has 2 unspecified atom stereocenters. The minimum atomic E-state index is -3.42. The number of nitrogens with zero attached hydrogens (tertiary/aromatic N) is 5. The number of carbonyl (C=O) groups is 2. The maximum atomic E-state index is 13.0. The van der Waals surface area contributed by atoms with E-state index in [-0.39, 0.29) is 23.4 Å². The Morgan fingerprint density at radius 2 is 2.00 bits per heavy atom. The molecule has 1 aromatic heterocycles. The van der Waals surface area contributed by atoms with Crippen LogP contribution in [0.4, 0.5) is 0 Å². The summed E-state index contributed by atoms with van der Waals surface area (Å²) < 4.78 is 27.8. The van der Waals surface area contributed by atoms with Gasteiger partial charge in [0.1, 0.15) is 6.04 Å². The van der Waals surface area contributed by atoms with Gasteiger partial charge in [-0.3, -0.25) is 4.79 Å². The van der Waals surface area contributed by atoms with Crippen molar-refractivity contribution >= 4 is 21.9 Å². The Morgan fingerprint density at radius 1 is 1.26 bits per heavy atom. The largest absolute Gasteiger partial charge is 0.476 e. The van der Waals surface area contributed by atoms with Crippen molar-refractivity contribution < 1.29 is 23.1 Å². The standard InChI is InChI=1S/C16H25N5O5S/c1-2-9-27(25,26)21-8-4-6-14(21)15(22)19-7-3-5-12(10-19)20-11-13(16(23)24)17-18-20/h11-12,14H,2-10H2,1H3,(H,23,24). The zero-order valence-corrected chi connectivity index (χ0v) is 16.1. The van der Waals surface area contributed by atoms with Crippen LogP contribution >= 0.6 is 0 Å². The Morgan fingerprint density at radius 3 is 2.67 bits per heavy atom. The fraction of sp³-hybridized carbons (Fsp3) is 0.750. The van der Waals surface area contributed by atoms with Crippen molar-refractivity contribution in [2.24, 2.45) is 0 Å². The summed E-state index contributed by atoms with van der Waals surface area (Å²) >= 11 is 0. The molecule has 0 spiro atoms. The van der Waals surface area contributed by atoms with Crippen LogP contribution in [0.2, 0.25) is 0 Å². The van der Waals surface area contributed by atoms with Crippen LogP contribution < -0.4 is 0 Å². The van der Waals surface area contributed by atoms with E-state index < -0.39 is 22.0 Å². The van der Waals surface area contributed by atoms with Gasteiger partial charge in [-0.05, 0) is 32.1 Å². The number of carboxylic acids is 1. The number of carboxylic acid groups (broad SMARTS) is 1. The molecule has 27 heavy (non-hydrogen) atoms. The second-order valence-electron chi connectivity index (χ2n) is 7.05.